The Morgan fingerprint density at radius 2 is 1.97 bits per heavy atom. The zero-order chi connectivity index (χ0) is 20.4. The van der Waals surface area contributed by atoms with Crippen molar-refractivity contribution in [2.75, 3.05) is 11.9 Å². The number of halogens is 3. The zero-order valence-corrected chi connectivity index (χ0v) is 17.6. The van der Waals surface area contributed by atoms with E-state index in [0.29, 0.717) is 18.0 Å². The van der Waals surface area contributed by atoms with Crippen molar-refractivity contribution in [1.29, 1.82) is 0 Å². The van der Waals surface area contributed by atoms with Gasteiger partial charge in [0.05, 0.1) is 16.6 Å². The number of rotatable bonds is 4. The van der Waals surface area contributed by atoms with E-state index in [2.05, 4.69) is 14.9 Å². The van der Waals surface area contributed by atoms with E-state index in [0.717, 1.165) is 29.0 Å². The Bertz CT molecular complexity index is 1030. The lowest BCUT2D eigenvalue weighted by molar-refractivity contribution is 0.206. The molecule has 5 nitrogen and oxygen atoms in total. The summed E-state index contributed by atoms with van der Waals surface area (Å²) in [6, 6.07) is 11.2. The normalized spacial score (nSPS) is 16.2. The number of carbonyl (C=O) groups excluding carboxylic acids is 1. The number of aromatic nitrogens is 2. The zero-order valence-electron chi connectivity index (χ0n) is 15.2. The van der Waals surface area contributed by atoms with Crippen LogP contribution >= 0.6 is 34.7 Å². The number of likely N-dealkylation sites (tertiary alicyclic amines) is 1. The number of nitrogens with zero attached hydrogens (tertiary/aromatic N) is 3. The number of nitrogens with one attached hydrogen (secondary N) is 1. The highest BCUT2D eigenvalue weighted by Gasteiger charge is 2.34. The molecule has 2 aromatic carbocycles. The maximum Gasteiger partial charge on any atom is 0.322 e. The standard InChI is InChI=1S/C20H17Cl2FN4OS/c21-13-5-3-12(4-6-13)10-18-19(25-26-29-18)17-2-1-9-27(17)20(28)24-16-8-7-14(22)11-15(16)23/h3-8,11,17H,1-2,9-10H2,(H,24,28)/t17-/m1/s1. The van der Waals surface area contributed by atoms with Gasteiger partial charge in [0.25, 0.3) is 0 Å². The van der Waals surface area contributed by atoms with Gasteiger partial charge in [-0.1, -0.05) is 39.8 Å². The Morgan fingerprint density at radius 3 is 2.72 bits per heavy atom. The Hall–Kier alpha value is -2.22. The van der Waals surface area contributed by atoms with Crippen LogP contribution in [0, 0.1) is 5.82 Å². The highest BCUT2D eigenvalue weighted by atomic mass is 35.5. The maximum atomic E-state index is 14.1. The molecule has 1 saturated heterocycles. The molecule has 1 aliphatic heterocycles. The lowest BCUT2D eigenvalue weighted by Gasteiger charge is -2.24. The Balaban J connectivity index is 1.52. The molecule has 0 radical (unpaired) electrons. The number of anilines is 1. The molecule has 150 valence electrons. The summed E-state index contributed by atoms with van der Waals surface area (Å²) in [5.41, 5.74) is 2.00. The molecule has 2 amide bonds. The summed E-state index contributed by atoms with van der Waals surface area (Å²) in [7, 11) is 0. The number of hydrogen-bond donors (Lipinski definition) is 1. The van der Waals surface area contributed by atoms with E-state index < -0.39 is 5.82 Å². The first-order valence-electron chi connectivity index (χ1n) is 9.09. The lowest BCUT2D eigenvalue weighted by Crippen LogP contribution is -2.35. The van der Waals surface area contributed by atoms with E-state index in [1.165, 1.54) is 29.7 Å². The van der Waals surface area contributed by atoms with Gasteiger partial charge in [-0.05, 0) is 60.3 Å². The summed E-state index contributed by atoms with van der Waals surface area (Å²) in [5, 5.41) is 7.91. The molecule has 0 bridgehead atoms. The number of benzene rings is 2. The number of hydrogen-bond acceptors (Lipinski definition) is 4. The van der Waals surface area contributed by atoms with Crippen molar-refractivity contribution in [3.8, 4) is 0 Å². The van der Waals surface area contributed by atoms with Crippen LogP contribution in [0.5, 0.6) is 0 Å². The van der Waals surface area contributed by atoms with Crippen molar-refractivity contribution < 1.29 is 9.18 Å². The number of amides is 2. The van der Waals surface area contributed by atoms with Gasteiger partial charge in [0.15, 0.2) is 0 Å². The summed E-state index contributed by atoms with van der Waals surface area (Å²) in [4.78, 5) is 15.5. The van der Waals surface area contributed by atoms with Crippen LogP contribution in [0.2, 0.25) is 10.0 Å². The van der Waals surface area contributed by atoms with Crippen LogP contribution in [0.1, 0.15) is 35.0 Å². The third kappa shape index (κ3) is 4.52. The first-order valence-corrected chi connectivity index (χ1v) is 10.6. The van der Waals surface area contributed by atoms with Crippen molar-refractivity contribution in [3.63, 3.8) is 0 Å². The minimum Gasteiger partial charge on any atom is -0.316 e. The first-order chi connectivity index (χ1) is 14.0. The second-order valence-corrected chi connectivity index (χ2v) is 8.50. The van der Waals surface area contributed by atoms with E-state index in [1.807, 2.05) is 24.3 Å². The van der Waals surface area contributed by atoms with E-state index in [4.69, 9.17) is 23.2 Å². The average molecular weight is 451 g/mol. The van der Waals surface area contributed by atoms with Gasteiger partial charge in [-0.25, -0.2) is 9.18 Å². The molecule has 1 fully saturated rings. The average Bonchev–Trinajstić information content (AvgIpc) is 3.34. The minimum atomic E-state index is -0.569. The van der Waals surface area contributed by atoms with Gasteiger partial charge in [0.1, 0.15) is 11.5 Å². The lowest BCUT2D eigenvalue weighted by atomic mass is 10.1. The fraction of sp³-hybridized carbons (Fsp3) is 0.250. The smallest absolute Gasteiger partial charge is 0.316 e. The molecule has 0 saturated carbocycles. The van der Waals surface area contributed by atoms with Gasteiger partial charge in [0, 0.05) is 23.0 Å². The summed E-state index contributed by atoms with van der Waals surface area (Å²) >= 11 is 13.1. The predicted molar refractivity (Wildman–Crippen MR) is 113 cm³/mol. The summed E-state index contributed by atoms with van der Waals surface area (Å²) < 4.78 is 18.2. The Morgan fingerprint density at radius 1 is 1.21 bits per heavy atom. The Kier molecular flexibility index (Phi) is 5.99. The van der Waals surface area contributed by atoms with Gasteiger partial charge < -0.3 is 10.2 Å². The molecule has 1 aliphatic rings. The van der Waals surface area contributed by atoms with Crippen molar-refractivity contribution in [1.82, 2.24) is 14.5 Å². The quantitative estimate of drug-likeness (QED) is 0.534. The molecule has 4 rings (SSSR count). The molecule has 9 heteroatoms. The maximum absolute atomic E-state index is 14.1. The van der Waals surface area contributed by atoms with Crippen molar-refractivity contribution >= 4 is 46.5 Å². The van der Waals surface area contributed by atoms with Crippen LogP contribution in [0.15, 0.2) is 42.5 Å². The highest BCUT2D eigenvalue weighted by Crippen LogP contribution is 2.35. The largest absolute Gasteiger partial charge is 0.322 e. The SMILES string of the molecule is O=C(Nc1ccc(Cl)cc1F)N1CCC[C@@H]1c1nnsc1Cc1ccc(Cl)cc1. The summed E-state index contributed by atoms with van der Waals surface area (Å²) in [6.45, 7) is 0.573. The molecule has 1 aromatic heterocycles. The fourth-order valence-electron chi connectivity index (χ4n) is 3.45. The van der Waals surface area contributed by atoms with Gasteiger partial charge >= 0.3 is 6.03 Å². The van der Waals surface area contributed by atoms with Gasteiger partial charge in [-0.3, -0.25) is 0 Å². The first kappa shape index (κ1) is 20.1. The molecule has 1 N–H and O–H groups in total. The van der Waals surface area contributed by atoms with Crippen LogP contribution in [-0.4, -0.2) is 27.1 Å². The molecular weight excluding hydrogens is 434 g/mol. The molecule has 0 spiro atoms. The second-order valence-electron chi connectivity index (χ2n) is 6.79. The molecule has 3 aromatic rings. The third-order valence-electron chi connectivity index (χ3n) is 4.87. The third-order valence-corrected chi connectivity index (χ3v) is 6.09. The number of carbonyl (C=O) groups is 1. The second kappa shape index (κ2) is 8.65. The molecular formula is C20H17Cl2FN4OS. The van der Waals surface area contributed by atoms with Crippen LogP contribution in [0.25, 0.3) is 0 Å². The van der Waals surface area contributed by atoms with Gasteiger partial charge in [-0.2, -0.15) is 0 Å². The van der Waals surface area contributed by atoms with Crippen LogP contribution in [0.3, 0.4) is 0 Å². The van der Waals surface area contributed by atoms with Crippen LogP contribution in [-0.2, 0) is 6.42 Å². The molecule has 0 aliphatic carbocycles. The molecule has 0 unspecified atom stereocenters. The van der Waals surface area contributed by atoms with Crippen molar-refractivity contribution in [2.45, 2.75) is 25.3 Å². The molecule has 1 atom stereocenters. The van der Waals surface area contributed by atoms with Gasteiger partial charge in [-0.15, -0.1) is 5.10 Å². The van der Waals surface area contributed by atoms with E-state index >= 15 is 0 Å². The summed E-state index contributed by atoms with van der Waals surface area (Å²) in [5.74, 6) is -0.569. The Labute approximate surface area is 181 Å². The van der Waals surface area contributed by atoms with E-state index in [1.54, 1.807) is 4.90 Å². The van der Waals surface area contributed by atoms with Gasteiger partial charge in [0.2, 0.25) is 0 Å². The topological polar surface area (TPSA) is 58.1 Å². The van der Waals surface area contributed by atoms with Crippen LogP contribution < -0.4 is 5.32 Å². The molecule has 2 heterocycles. The summed E-state index contributed by atoms with van der Waals surface area (Å²) in [6.07, 6.45) is 2.30. The molecule has 29 heavy (non-hydrogen) atoms. The minimum absolute atomic E-state index is 0.0999. The van der Waals surface area contributed by atoms with Crippen LogP contribution in [0.4, 0.5) is 14.9 Å². The number of urea groups is 1. The highest BCUT2D eigenvalue weighted by molar-refractivity contribution is 7.05. The predicted octanol–water partition coefficient (Wildman–Crippen LogP) is 5.94. The van der Waals surface area contributed by atoms with Crippen molar-refractivity contribution in [2.24, 2.45) is 0 Å². The fourth-order valence-corrected chi connectivity index (χ4v) is 4.46. The monoisotopic (exact) mass is 450 g/mol. The van der Waals surface area contributed by atoms with E-state index in [-0.39, 0.29) is 22.8 Å². The van der Waals surface area contributed by atoms with Crippen molar-refractivity contribution in [3.05, 3.63) is 74.5 Å². The van der Waals surface area contributed by atoms with E-state index in [9.17, 15) is 9.18 Å².